The average Bonchev–Trinajstić information content (AvgIpc) is 3.48. The largest absolute Gasteiger partial charge is 0.496 e. The molecule has 44 heavy (non-hydrogen) atoms. The molecule has 0 aliphatic carbocycles. The molecule has 1 atom stereocenters. The molecule has 0 amide bonds. The smallest absolute Gasteiger partial charge is 0.152 e. The number of hydrogen-bond donors (Lipinski definition) is 2. The van der Waals surface area contributed by atoms with E-state index in [0.29, 0.717) is 65.0 Å². The third-order valence-corrected chi connectivity index (χ3v) is 9.43. The summed E-state index contributed by atoms with van der Waals surface area (Å²) in [6.45, 7) is 2.70. The van der Waals surface area contributed by atoms with E-state index in [1.165, 1.54) is 18.5 Å². The van der Waals surface area contributed by atoms with Crippen LogP contribution in [0, 0.1) is 5.82 Å². The van der Waals surface area contributed by atoms with Gasteiger partial charge in [-0.3, -0.25) is 0 Å². The van der Waals surface area contributed by atoms with Crippen LogP contribution < -0.4 is 20.1 Å². The van der Waals surface area contributed by atoms with Crippen molar-refractivity contribution in [3.05, 3.63) is 95.2 Å². The number of nitrogens with zero attached hydrogens (tertiary/aromatic N) is 2. The molecule has 1 unspecified atom stereocenters. The molecule has 1 aliphatic heterocycles. The van der Waals surface area contributed by atoms with Crippen molar-refractivity contribution in [1.29, 1.82) is 0 Å². The minimum atomic E-state index is -3.11. The summed E-state index contributed by atoms with van der Waals surface area (Å²) in [6, 6.07) is 15.3. The first-order valence-electron chi connectivity index (χ1n) is 14.2. The highest BCUT2D eigenvalue weighted by molar-refractivity contribution is 7.91. The number of aromatic nitrogens is 2. The van der Waals surface area contributed by atoms with Crippen molar-refractivity contribution in [2.45, 2.75) is 32.0 Å². The third-order valence-electron chi connectivity index (χ3n) is 7.28. The highest BCUT2D eigenvalue weighted by Gasteiger charge is 2.38. The van der Waals surface area contributed by atoms with Gasteiger partial charge in [-0.25, -0.2) is 22.8 Å². The van der Waals surface area contributed by atoms with Gasteiger partial charge in [-0.1, -0.05) is 30.7 Å². The SMILES string of the molecule is CCCS(=O)(=O)CCNCC1(c2cc3c(Nc4ccc(OCc5cccc(F)c5)c(Cl)c4)ncnc3cc2OC)CC=CO1. The lowest BCUT2D eigenvalue weighted by molar-refractivity contribution is 0.0396. The number of ether oxygens (including phenoxy) is 3. The van der Waals surface area contributed by atoms with Crippen LogP contribution >= 0.6 is 11.6 Å². The van der Waals surface area contributed by atoms with Crippen LogP contribution in [0.25, 0.3) is 10.9 Å². The zero-order chi connectivity index (χ0) is 31.2. The Balaban J connectivity index is 1.38. The van der Waals surface area contributed by atoms with Gasteiger partial charge in [0, 0.05) is 48.0 Å². The molecule has 0 saturated carbocycles. The molecule has 3 aromatic carbocycles. The topological polar surface area (TPSA) is 112 Å². The molecule has 1 aromatic heterocycles. The fourth-order valence-electron chi connectivity index (χ4n) is 5.11. The molecule has 9 nitrogen and oxygen atoms in total. The van der Waals surface area contributed by atoms with Crippen LogP contribution in [-0.2, 0) is 26.8 Å². The second-order valence-corrected chi connectivity index (χ2v) is 13.2. The maximum atomic E-state index is 13.5. The molecule has 0 fully saturated rings. The van der Waals surface area contributed by atoms with Crippen LogP contribution in [0.5, 0.6) is 11.5 Å². The zero-order valence-corrected chi connectivity index (χ0v) is 26.1. The molecule has 0 spiro atoms. The van der Waals surface area contributed by atoms with Crippen molar-refractivity contribution in [2.75, 3.05) is 37.0 Å². The Morgan fingerprint density at radius 2 is 1.95 bits per heavy atom. The number of rotatable bonds is 14. The number of nitrogens with one attached hydrogen (secondary N) is 2. The van der Waals surface area contributed by atoms with Gasteiger partial charge in [0.15, 0.2) is 15.4 Å². The second kappa shape index (κ2) is 13.8. The zero-order valence-electron chi connectivity index (χ0n) is 24.5. The van der Waals surface area contributed by atoms with Gasteiger partial charge < -0.3 is 24.8 Å². The van der Waals surface area contributed by atoms with Crippen LogP contribution in [0.3, 0.4) is 0 Å². The van der Waals surface area contributed by atoms with Crippen LogP contribution in [0.1, 0.15) is 30.9 Å². The van der Waals surface area contributed by atoms with Gasteiger partial charge in [0.05, 0.1) is 29.7 Å². The van der Waals surface area contributed by atoms with Gasteiger partial charge in [-0.2, -0.15) is 0 Å². The Morgan fingerprint density at radius 3 is 2.68 bits per heavy atom. The first kappa shape index (κ1) is 31.5. The van der Waals surface area contributed by atoms with E-state index in [-0.39, 0.29) is 23.9 Å². The van der Waals surface area contributed by atoms with Crippen LogP contribution in [0.2, 0.25) is 5.02 Å². The van der Waals surface area contributed by atoms with E-state index in [1.54, 1.807) is 37.6 Å². The number of anilines is 2. The summed E-state index contributed by atoms with van der Waals surface area (Å²) in [7, 11) is -1.52. The standard InChI is InChI=1S/C32H34ClFN4O5S/c1-3-13-44(39,40)14-11-35-20-32(10-5-12-43-32)26-17-25-28(18-30(26)41-2)36-21-37-31(25)38-24-8-9-29(27(33)16-24)42-19-22-6-4-7-23(34)15-22/h4-9,12,15-18,21,35H,3,10-11,13-14,19-20H2,1-2H3,(H,36,37,38). The molecule has 1 aliphatic rings. The predicted molar refractivity (Wildman–Crippen MR) is 170 cm³/mol. The monoisotopic (exact) mass is 640 g/mol. The van der Waals surface area contributed by atoms with Gasteiger partial charge in [0.25, 0.3) is 0 Å². The molecule has 0 radical (unpaired) electrons. The molecule has 2 N–H and O–H groups in total. The summed E-state index contributed by atoms with van der Waals surface area (Å²) in [5.41, 5.74) is 1.99. The van der Waals surface area contributed by atoms with E-state index in [1.807, 2.05) is 31.2 Å². The average molecular weight is 641 g/mol. The van der Waals surface area contributed by atoms with E-state index in [0.717, 1.165) is 10.9 Å². The van der Waals surface area contributed by atoms with Gasteiger partial charge >= 0.3 is 0 Å². The normalized spacial score (nSPS) is 16.2. The fraction of sp³-hybridized carbons (Fsp3) is 0.312. The number of benzene rings is 3. The maximum absolute atomic E-state index is 13.5. The van der Waals surface area contributed by atoms with Crippen LogP contribution in [0.4, 0.5) is 15.9 Å². The third kappa shape index (κ3) is 7.40. The van der Waals surface area contributed by atoms with Crippen molar-refractivity contribution in [1.82, 2.24) is 15.3 Å². The molecule has 232 valence electrons. The molecule has 4 aromatic rings. The summed E-state index contributed by atoms with van der Waals surface area (Å²) in [5, 5.41) is 7.71. The molecule has 12 heteroatoms. The summed E-state index contributed by atoms with van der Waals surface area (Å²) >= 11 is 6.53. The number of halogens is 2. The lowest BCUT2D eigenvalue weighted by Gasteiger charge is -2.31. The Kier molecular flexibility index (Phi) is 9.87. The maximum Gasteiger partial charge on any atom is 0.152 e. The lowest BCUT2D eigenvalue weighted by Crippen LogP contribution is -2.40. The van der Waals surface area contributed by atoms with Gasteiger partial charge in [0.1, 0.15) is 36.1 Å². The minimum absolute atomic E-state index is 0.0539. The quantitative estimate of drug-likeness (QED) is 0.153. The van der Waals surface area contributed by atoms with E-state index >= 15 is 0 Å². The summed E-state index contributed by atoms with van der Waals surface area (Å²) in [5.74, 6) is 1.49. The van der Waals surface area contributed by atoms with Crippen molar-refractivity contribution >= 4 is 43.8 Å². The predicted octanol–water partition coefficient (Wildman–Crippen LogP) is 6.30. The van der Waals surface area contributed by atoms with Gasteiger partial charge in [0.2, 0.25) is 0 Å². The van der Waals surface area contributed by atoms with E-state index in [9.17, 15) is 12.8 Å². The van der Waals surface area contributed by atoms with E-state index < -0.39 is 15.4 Å². The number of hydrogen-bond acceptors (Lipinski definition) is 9. The molecular weight excluding hydrogens is 607 g/mol. The Labute approximate surface area is 261 Å². The molecule has 5 rings (SSSR count). The summed E-state index contributed by atoms with van der Waals surface area (Å²) in [4.78, 5) is 8.94. The molecule has 0 saturated heterocycles. The molecular formula is C32H34ClFN4O5S. The van der Waals surface area contributed by atoms with E-state index in [2.05, 4.69) is 20.6 Å². The van der Waals surface area contributed by atoms with Gasteiger partial charge in [-0.15, -0.1) is 0 Å². The van der Waals surface area contributed by atoms with E-state index in [4.69, 9.17) is 25.8 Å². The highest BCUT2D eigenvalue weighted by Crippen LogP contribution is 2.42. The second-order valence-electron chi connectivity index (χ2n) is 10.5. The van der Waals surface area contributed by atoms with Crippen LogP contribution in [0.15, 0.2) is 73.3 Å². The summed E-state index contributed by atoms with van der Waals surface area (Å²) in [6.07, 6.45) is 6.20. The first-order valence-corrected chi connectivity index (χ1v) is 16.4. The number of sulfone groups is 1. The van der Waals surface area contributed by atoms with Crippen molar-refractivity contribution < 1.29 is 27.0 Å². The number of methoxy groups -OCH3 is 1. The fourth-order valence-corrected chi connectivity index (χ4v) is 6.62. The first-order chi connectivity index (χ1) is 21.2. The summed E-state index contributed by atoms with van der Waals surface area (Å²) < 4.78 is 55.6. The Hall–Kier alpha value is -3.93. The Bertz CT molecular complexity index is 1760. The highest BCUT2D eigenvalue weighted by atomic mass is 35.5. The number of fused-ring (bicyclic) bond motifs is 1. The van der Waals surface area contributed by atoms with Crippen molar-refractivity contribution in [3.8, 4) is 11.5 Å². The van der Waals surface area contributed by atoms with Crippen LogP contribution in [-0.4, -0.2) is 50.1 Å². The van der Waals surface area contributed by atoms with Gasteiger partial charge in [-0.05, 0) is 54.5 Å². The minimum Gasteiger partial charge on any atom is -0.496 e. The molecule has 2 heterocycles. The lowest BCUT2D eigenvalue weighted by atomic mass is 9.89. The van der Waals surface area contributed by atoms with Crippen molar-refractivity contribution in [3.63, 3.8) is 0 Å². The Morgan fingerprint density at radius 1 is 1.09 bits per heavy atom. The molecule has 0 bridgehead atoms. The van der Waals surface area contributed by atoms with Crippen molar-refractivity contribution in [2.24, 2.45) is 0 Å².